The van der Waals surface area contributed by atoms with Crippen LogP contribution in [0.2, 0.25) is 5.02 Å². The molecule has 0 saturated heterocycles. The van der Waals surface area contributed by atoms with Gasteiger partial charge >= 0.3 is 0 Å². The fourth-order valence-electron chi connectivity index (χ4n) is 4.08. The van der Waals surface area contributed by atoms with E-state index in [0.29, 0.717) is 27.3 Å². The number of carbonyl (C=O) groups excluding carboxylic acids is 2. The van der Waals surface area contributed by atoms with Crippen molar-refractivity contribution in [2.75, 3.05) is 19.7 Å². The van der Waals surface area contributed by atoms with Crippen molar-refractivity contribution >= 4 is 34.4 Å². The van der Waals surface area contributed by atoms with Crippen molar-refractivity contribution in [1.82, 2.24) is 9.80 Å². The number of fused-ring (bicyclic) bond motifs is 1. The quantitative estimate of drug-likeness (QED) is 0.237. The number of halogens is 1. The van der Waals surface area contributed by atoms with E-state index >= 15 is 0 Å². The molecular weight excluding hydrogens is 516 g/mol. The molecule has 1 aromatic heterocycles. The number of rotatable bonds is 11. The monoisotopic (exact) mass is 544 g/mol. The maximum Gasteiger partial charge on any atom is 0.261 e. The first-order chi connectivity index (χ1) is 18.8. The fourth-order valence-corrected chi connectivity index (χ4v) is 4.20. The molecule has 7 nitrogen and oxygen atoms in total. The Hall–Kier alpha value is -4.36. The second kappa shape index (κ2) is 12.9. The lowest BCUT2D eigenvalue weighted by Crippen LogP contribution is -2.44. The van der Waals surface area contributed by atoms with Gasteiger partial charge in [-0.2, -0.15) is 0 Å². The summed E-state index contributed by atoms with van der Waals surface area (Å²) in [5, 5.41) is 1.02. The molecule has 0 unspecified atom stereocenters. The van der Waals surface area contributed by atoms with E-state index in [9.17, 15) is 14.4 Å². The number of hydrogen-bond acceptors (Lipinski definition) is 5. The molecule has 0 spiro atoms. The Morgan fingerprint density at radius 1 is 0.974 bits per heavy atom. The van der Waals surface area contributed by atoms with Gasteiger partial charge in [-0.05, 0) is 48.9 Å². The molecule has 8 heteroatoms. The zero-order valence-electron chi connectivity index (χ0n) is 21.6. The molecule has 1 heterocycles. The van der Waals surface area contributed by atoms with Crippen molar-refractivity contribution in [2.24, 2.45) is 0 Å². The number of nitrogens with zero attached hydrogens (tertiary/aromatic N) is 2. The third-order valence-electron chi connectivity index (χ3n) is 6.13. The van der Waals surface area contributed by atoms with Crippen molar-refractivity contribution < 1.29 is 18.7 Å². The Kier molecular flexibility index (Phi) is 9.18. The van der Waals surface area contributed by atoms with E-state index in [0.717, 1.165) is 11.1 Å². The average molecular weight is 545 g/mol. The topological polar surface area (TPSA) is 80.1 Å². The first kappa shape index (κ1) is 27.7. The van der Waals surface area contributed by atoms with Crippen molar-refractivity contribution in [2.45, 2.75) is 20.0 Å². The molecule has 3 aromatic carbocycles. The molecule has 0 N–H and O–H groups in total. The highest BCUT2D eigenvalue weighted by Crippen LogP contribution is 2.17. The molecule has 4 rings (SSSR count). The Labute approximate surface area is 231 Å². The average Bonchev–Trinajstić information content (AvgIpc) is 2.94. The number of hydrogen-bond donors (Lipinski definition) is 0. The minimum Gasteiger partial charge on any atom is -0.484 e. The number of ether oxygens (including phenoxy) is 1. The molecule has 0 fully saturated rings. The van der Waals surface area contributed by atoms with Crippen molar-refractivity contribution in [3.8, 4) is 5.75 Å². The van der Waals surface area contributed by atoms with Gasteiger partial charge in [0.2, 0.25) is 5.91 Å². The molecule has 0 atom stereocenters. The summed E-state index contributed by atoms with van der Waals surface area (Å²) >= 11 is 5.90. The van der Waals surface area contributed by atoms with Gasteiger partial charge < -0.3 is 19.0 Å². The number of amides is 2. The second-order valence-corrected chi connectivity index (χ2v) is 9.57. The summed E-state index contributed by atoms with van der Waals surface area (Å²) in [5.41, 5.74) is 2.47. The summed E-state index contributed by atoms with van der Waals surface area (Å²) in [7, 11) is 0. The summed E-state index contributed by atoms with van der Waals surface area (Å²) in [4.78, 5) is 42.7. The van der Waals surface area contributed by atoms with Gasteiger partial charge in [0.1, 0.15) is 17.9 Å². The van der Waals surface area contributed by atoms with Gasteiger partial charge in [0, 0.05) is 18.1 Å². The first-order valence-corrected chi connectivity index (χ1v) is 12.8. The molecular formula is C31H29ClN2O5. The van der Waals surface area contributed by atoms with Gasteiger partial charge in [-0.15, -0.1) is 6.58 Å². The van der Waals surface area contributed by atoms with E-state index in [1.54, 1.807) is 47.4 Å². The predicted molar refractivity (Wildman–Crippen MR) is 152 cm³/mol. The van der Waals surface area contributed by atoms with E-state index in [2.05, 4.69) is 6.58 Å². The van der Waals surface area contributed by atoms with Crippen LogP contribution in [0.15, 0.2) is 101 Å². The van der Waals surface area contributed by atoms with Crippen molar-refractivity contribution in [3.05, 3.63) is 124 Å². The van der Waals surface area contributed by atoms with Crippen LogP contribution in [-0.2, 0) is 22.7 Å². The van der Waals surface area contributed by atoms with Crippen LogP contribution >= 0.6 is 11.6 Å². The highest BCUT2D eigenvalue weighted by molar-refractivity contribution is 6.30. The van der Waals surface area contributed by atoms with E-state index in [1.165, 1.54) is 11.2 Å². The van der Waals surface area contributed by atoms with E-state index < -0.39 is 0 Å². The van der Waals surface area contributed by atoms with Gasteiger partial charge in [-0.25, -0.2) is 0 Å². The molecule has 0 aliphatic rings. The highest BCUT2D eigenvalue weighted by atomic mass is 35.5. The number of aryl methyl sites for hydroxylation is 1. The van der Waals surface area contributed by atoms with Crippen LogP contribution in [0.25, 0.3) is 11.0 Å². The maximum atomic E-state index is 13.6. The van der Waals surface area contributed by atoms with Crippen molar-refractivity contribution in [3.63, 3.8) is 0 Å². The van der Waals surface area contributed by atoms with Gasteiger partial charge in [0.25, 0.3) is 5.91 Å². The van der Waals surface area contributed by atoms with Crippen LogP contribution in [0, 0.1) is 6.92 Å². The van der Waals surface area contributed by atoms with Crippen LogP contribution in [0.3, 0.4) is 0 Å². The van der Waals surface area contributed by atoms with E-state index in [-0.39, 0.29) is 50.0 Å². The molecule has 39 heavy (non-hydrogen) atoms. The number of carbonyl (C=O) groups is 2. The zero-order valence-corrected chi connectivity index (χ0v) is 22.4. The molecule has 0 bridgehead atoms. The minimum atomic E-state index is -0.376. The molecule has 4 aromatic rings. The van der Waals surface area contributed by atoms with E-state index in [4.69, 9.17) is 20.8 Å². The second-order valence-electron chi connectivity index (χ2n) is 9.13. The zero-order chi connectivity index (χ0) is 27.8. The van der Waals surface area contributed by atoms with Crippen LogP contribution in [-0.4, -0.2) is 41.3 Å². The Morgan fingerprint density at radius 3 is 2.44 bits per heavy atom. The summed E-state index contributed by atoms with van der Waals surface area (Å²) in [5.74, 6) is -0.218. The van der Waals surface area contributed by atoms with Crippen LogP contribution < -0.4 is 10.2 Å². The van der Waals surface area contributed by atoms with Crippen LogP contribution in [0.1, 0.15) is 16.7 Å². The lowest BCUT2D eigenvalue weighted by molar-refractivity contribution is -0.141. The molecule has 2 amide bonds. The predicted octanol–water partition coefficient (Wildman–Crippen LogP) is 5.38. The Bertz CT molecular complexity index is 1520. The first-order valence-electron chi connectivity index (χ1n) is 12.4. The molecule has 0 aliphatic carbocycles. The Balaban J connectivity index is 1.54. The van der Waals surface area contributed by atoms with Crippen LogP contribution in [0.5, 0.6) is 5.75 Å². The SMILES string of the molecule is C=CCN(CC(=O)N(Cc1ccccc1)Cc1coc2ccc(C)cc2c1=O)C(=O)COc1ccc(Cl)cc1. The molecule has 0 radical (unpaired) electrons. The Morgan fingerprint density at radius 2 is 1.72 bits per heavy atom. The van der Waals surface area contributed by atoms with Gasteiger partial charge in [-0.1, -0.05) is 59.6 Å². The van der Waals surface area contributed by atoms with Gasteiger partial charge in [0.15, 0.2) is 12.0 Å². The van der Waals surface area contributed by atoms with Gasteiger partial charge in [-0.3, -0.25) is 14.4 Å². The maximum absolute atomic E-state index is 13.6. The minimum absolute atomic E-state index is 0.0251. The van der Waals surface area contributed by atoms with Crippen molar-refractivity contribution in [1.29, 1.82) is 0 Å². The largest absolute Gasteiger partial charge is 0.484 e. The van der Waals surface area contributed by atoms with E-state index in [1.807, 2.05) is 43.3 Å². The van der Waals surface area contributed by atoms with Gasteiger partial charge in [0.05, 0.1) is 23.8 Å². The lowest BCUT2D eigenvalue weighted by atomic mass is 10.1. The summed E-state index contributed by atoms with van der Waals surface area (Å²) in [6, 6.07) is 21.5. The molecule has 200 valence electrons. The third-order valence-corrected chi connectivity index (χ3v) is 6.39. The van der Waals surface area contributed by atoms with Crippen LogP contribution in [0.4, 0.5) is 0 Å². The normalized spacial score (nSPS) is 10.7. The smallest absolute Gasteiger partial charge is 0.261 e. The number of benzene rings is 3. The fraction of sp³-hybridized carbons (Fsp3) is 0.194. The summed E-state index contributed by atoms with van der Waals surface area (Å²) < 4.78 is 11.3. The third kappa shape index (κ3) is 7.36. The lowest BCUT2D eigenvalue weighted by Gasteiger charge is -2.27. The molecule has 0 saturated carbocycles. The highest BCUT2D eigenvalue weighted by Gasteiger charge is 2.23. The summed E-state index contributed by atoms with van der Waals surface area (Å²) in [6.07, 6.45) is 2.95. The molecule has 0 aliphatic heterocycles. The standard InChI is InChI=1S/C31H29ClN2O5/c1-3-15-33(30(36)21-38-26-12-10-25(32)11-13-26)19-29(35)34(17-23-7-5-4-6-8-23)18-24-20-39-28-14-9-22(2)16-27(28)31(24)37/h3-14,16,20H,1,15,17-19,21H2,2H3. The summed E-state index contributed by atoms with van der Waals surface area (Å²) in [6.45, 7) is 5.59.